The van der Waals surface area contributed by atoms with Gasteiger partial charge in [-0.25, -0.2) is 0 Å². The van der Waals surface area contributed by atoms with Gasteiger partial charge in [0.1, 0.15) is 5.01 Å². The van der Waals surface area contributed by atoms with Crippen LogP contribution >= 0.6 is 22.9 Å². The second-order valence-corrected chi connectivity index (χ2v) is 8.80. The normalized spacial score (nSPS) is 15.5. The number of nitrogens with one attached hydrogen (secondary N) is 1. The lowest BCUT2D eigenvalue weighted by Crippen LogP contribution is -2.24. The highest BCUT2D eigenvalue weighted by atomic mass is 35.5. The summed E-state index contributed by atoms with van der Waals surface area (Å²) in [4.78, 5) is 37.4. The minimum Gasteiger partial charge on any atom is -0.490 e. The fraction of sp³-hybridized carbons (Fsp3) is 0.238. The largest absolute Gasteiger partial charge is 0.490 e. The van der Waals surface area contributed by atoms with Crippen LogP contribution in [0.5, 0.6) is 5.75 Å². The quantitative estimate of drug-likeness (QED) is 0.407. The van der Waals surface area contributed by atoms with E-state index in [0.29, 0.717) is 16.6 Å². The Morgan fingerprint density at radius 3 is 2.79 bits per heavy atom. The van der Waals surface area contributed by atoms with Crippen molar-refractivity contribution in [1.82, 2.24) is 10.2 Å². The lowest BCUT2D eigenvalue weighted by Gasteiger charge is -2.17. The minimum absolute atomic E-state index is 0.0498. The molecular formula is C21H18ClN5O5S. The molecule has 0 aliphatic carbocycles. The van der Waals surface area contributed by atoms with Gasteiger partial charge >= 0.3 is 5.69 Å². The van der Waals surface area contributed by atoms with Crippen LogP contribution in [0.4, 0.5) is 16.5 Å². The molecule has 1 aliphatic rings. The Balaban J connectivity index is 1.47. The van der Waals surface area contributed by atoms with E-state index in [1.54, 1.807) is 11.0 Å². The summed E-state index contributed by atoms with van der Waals surface area (Å²) in [5, 5.41) is 23.3. The van der Waals surface area contributed by atoms with Crippen LogP contribution in [0.15, 0.2) is 36.4 Å². The summed E-state index contributed by atoms with van der Waals surface area (Å²) in [6, 6.07) is 9.38. The first-order valence-electron chi connectivity index (χ1n) is 9.80. The SMILES string of the molecule is COc1ccc(C(=O)Nc2nnc(C3CC(=O)N(c4ccc(C)c(Cl)c4)C3)s2)cc1[N+](=O)[O-]. The van der Waals surface area contributed by atoms with Gasteiger partial charge in [0.25, 0.3) is 5.91 Å². The van der Waals surface area contributed by atoms with Crippen molar-refractivity contribution in [1.29, 1.82) is 0 Å². The Bertz CT molecular complexity index is 1260. The Hall–Kier alpha value is -3.57. The molecule has 1 saturated heterocycles. The van der Waals surface area contributed by atoms with Crippen molar-refractivity contribution in [2.45, 2.75) is 19.3 Å². The second-order valence-electron chi connectivity index (χ2n) is 7.38. The van der Waals surface area contributed by atoms with Crippen molar-refractivity contribution < 1.29 is 19.2 Å². The van der Waals surface area contributed by atoms with Crippen molar-refractivity contribution in [2.75, 3.05) is 23.9 Å². The number of anilines is 2. The number of ether oxygens (including phenoxy) is 1. The number of hydrogen-bond acceptors (Lipinski definition) is 8. The number of halogens is 1. The van der Waals surface area contributed by atoms with Gasteiger partial charge in [0.2, 0.25) is 11.0 Å². The van der Waals surface area contributed by atoms with E-state index in [-0.39, 0.29) is 40.4 Å². The maximum atomic E-state index is 12.6. The lowest BCUT2D eigenvalue weighted by atomic mass is 10.1. The molecule has 10 nitrogen and oxygen atoms in total. The van der Waals surface area contributed by atoms with E-state index in [9.17, 15) is 19.7 Å². The number of carbonyl (C=O) groups excluding carboxylic acids is 2. The fourth-order valence-electron chi connectivity index (χ4n) is 3.47. The number of hydrogen-bond donors (Lipinski definition) is 1. The number of aryl methyl sites for hydroxylation is 1. The minimum atomic E-state index is -0.622. The van der Waals surface area contributed by atoms with E-state index in [1.165, 1.54) is 19.2 Å². The standard InChI is InChI=1S/C21H18ClN5O5S/c1-11-3-5-14(9-15(11)22)26-10-13(8-18(26)28)20-24-25-21(33-20)23-19(29)12-4-6-17(32-2)16(7-12)27(30)31/h3-7,9,13H,8,10H2,1-2H3,(H,23,25,29). The first-order valence-corrected chi connectivity index (χ1v) is 11.0. The number of aromatic nitrogens is 2. The molecule has 170 valence electrons. The molecule has 1 aliphatic heterocycles. The maximum absolute atomic E-state index is 12.6. The van der Waals surface area contributed by atoms with Crippen molar-refractivity contribution >= 4 is 51.3 Å². The van der Waals surface area contributed by atoms with Crippen LogP contribution in [0.1, 0.15) is 33.3 Å². The number of methoxy groups -OCH3 is 1. The fourth-order valence-corrected chi connectivity index (χ4v) is 4.47. The highest BCUT2D eigenvalue weighted by Gasteiger charge is 2.34. The van der Waals surface area contributed by atoms with Gasteiger partial charge in [0.15, 0.2) is 5.75 Å². The second kappa shape index (κ2) is 9.12. The zero-order chi connectivity index (χ0) is 23.7. The number of amides is 2. The maximum Gasteiger partial charge on any atom is 0.311 e. The number of nitro benzene ring substituents is 1. The van der Waals surface area contributed by atoms with E-state index < -0.39 is 10.8 Å². The third-order valence-corrected chi connectivity index (χ3v) is 6.65. The molecular weight excluding hydrogens is 470 g/mol. The van der Waals surface area contributed by atoms with Crippen molar-refractivity contribution in [2.24, 2.45) is 0 Å². The average molecular weight is 488 g/mol. The molecule has 2 aromatic carbocycles. The summed E-state index contributed by atoms with van der Waals surface area (Å²) in [6.07, 6.45) is 0.263. The van der Waals surface area contributed by atoms with E-state index in [2.05, 4.69) is 15.5 Å². The van der Waals surface area contributed by atoms with Crippen LogP contribution in [0.25, 0.3) is 0 Å². The van der Waals surface area contributed by atoms with Gasteiger partial charge in [0, 0.05) is 41.2 Å². The highest BCUT2D eigenvalue weighted by molar-refractivity contribution is 7.15. The van der Waals surface area contributed by atoms with E-state index in [4.69, 9.17) is 16.3 Å². The zero-order valence-electron chi connectivity index (χ0n) is 17.6. The number of carbonyl (C=O) groups is 2. The molecule has 1 aromatic heterocycles. The summed E-state index contributed by atoms with van der Waals surface area (Å²) >= 11 is 7.36. The van der Waals surface area contributed by atoms with Gasteiger partial charge in [0.05, 0.1) is 12.0 Å². The summed E-state index contributed by atoms with van der Waals surface area (Å²) in [7, 11) is 1.31. The number of nitro groups is 1. The molecule has 0 bridgehead atoms. The van der Waals surface area contributed by atoms with Gasteiger partial charge in [-0.1, -0.05) is 29.0 Å². The van der Waals surface area contributed by atoms with Gasteiger partial charge < -0.3 is 9.64 Å². The Morgan fingerprint density at radius 1 is 1.30 bits per heavy atom. The summed E-state index contributed by atoms with van der Waals surface area (Å²) in [6.45, 7) is 2.31. The molecule has 0 radical (unpaired) electrons. The third kappa shape index (κ3) is 4.64. The molecule has 0 saturated carbocycles. The number of benzene rings is 2. The van der Waals surface area contributed by atoms with Crippen molar-refractivity contribution in [3.8, 4) is 5.75 Å². The third-order valence-electron chi connectivity index (χ3n) is 5.24. The first-order chi connectivity index (χ1) is 15.8. The molecule has 1 N–H and O–H groups in total. The zero-order valence-corrected chi connectivity index (χ0v) is 19.1. The van der Waals surface area contributed by atoms with Crippen LogP contribution in [-0.2, 0) is 4.79 Å². The molecule has 4 rings (SSSR count). The van der Waals surface area contributed by atoms with E-state index >= 15 is 0 Å². The molecule has 3 aromatic rings. The summed E-state index contributed by atoms with van der Waals surface area (Å²) in [5.74, 6) is -0.740. The number of rotatable bonds is 6. The van der Waals surface area contributed by atoms with Crippen LogP contribution < -0.4 is 15.0 Å². The van der Waals surface area contributed by atoms with Gasteiger partial charge in [-0.2, -0.15) is 0 Å². The average Bonchev–Trinajstić information content (AvgIpc) is 3.41. The van der Waals surface area contributed by atoms with Crippen molar-refractivity contribution in [3.05, 3.63) is 67.7 Å². The summed E-state index contributed by atoms with van der Waals surface area (Å²) < 4.78 is 4.95. The Kier molecular flexibility index (Phi) is 6.25. The Labute approximate surface area is 197 Å². The molecule has 33 heavy (non-hydrogen) atoms. The highest BCUT2D eigenvalue weighted by Crippen LogP contribution is 2.35. The molecule has 1 fully saturated rings. The van der Waals surface area contributed by atoms with Gasteiger partial charge in [-0.3, -0.25) is 25.0 Å². The van der Waals surface area contributed by atoms with E-state index in [1.807, 2.05) is 19.1 Å². The van der Waals surface area contributed by atoms with E-state index in [0.717, 1.165) is 28.7 Å². The topological polar surface area (TPSA) is 128 Å². The smallest absolute Gasteiger partial charge is 0.311 e. The van der Waals surface area contributed by atoms with Crippen LogP contribution in [0.3, 0.4) is 0 Å². The molecule has 1 atom stereocenters. The molecule has 2 heterocycles. The predicted molar refractivity (Wildman–Crippen MR) is 123 cm³/mol. The molecule has 0 spiro atoms. The number of nitrogens with zero attached hydrogens (tertiary/aromatic N) is 4. The predicted octanol–water partition coefficient (Wildman–Crippen LogP) is 4.19. The lowest BCUT2D eigenvalue weighted by molar-refractivity contribution is -0.385. The van der Waals surface area contributed by atoms with Crippen LogP contribution in [0, 0.1) is 17.0 Å². The molecule has 1 unspecified atom stereocenters. The van der Waals surface area contributed by atoms with Gasteiger partial charge in [-0.15, -0.1) is 10.2 Å². The van der Waals surface area contributed by atoms with Crippen LogP contribution in [0.2, 0.25) is 5.02 Å². The first kappa shape index (κ1) is 22.6. The van der Waals surface area contributed by atoms with Gasteiger partial charge in [-0.05, 0) is 36.8 Å². The van der Waals surface area contributed by atoms with Crippen molar-refractivity contribution in [3.63, 3.8) is 0 Å². The summed E-state index contributed by atoms with van der Waals surface area (Å²) in [5.41, 5.74) is 1.41. The van der Waals surface area contributed by atoms with Crippen LogP contribution in [-0.4, -0.2) is 40.6 Å². The molecule has 2 amide bonds. The monoisotopic (exact) mass is 487 g/mol. The molecule has 12 heteroatoms. The Morgan fingerprint density at radius 2 is 2.09 bits per heavy atom.